The Morgan fingerprint density at radius 2 is 2.11 bits per heavy atom. The minimum atomic E-state index is -0.586. The first-order valence-corrected chi connectivity index (χ1v) is 5.90. The molecule has 0 radical (unpaired) electrons. The number of carbonyl (C=O) groups excluding carboxylic acids is 1. The van der Waals surface area contributed by atoms with Gasteiger partial charge in [-0.3, -0.25) is 9.78 Å². The lowest BCUT2D eigenvalue weighted by atomic mass is 10.1. The SMILES string of the molecule is Nc1c(F)cccc1C(=O)NCCc1ccccn1. The van der Waals surface area contributed by atoms with Gasteiger partial charge in [0.05, 0.1) is 11.3 Å². The predicted octanol–water partition coefficient (Wildman–Crippen LogP) is 1.78. The molecule has 0 atom stereocenters. The van der Waals surface area contributed by atoms with E-state index in [4.69, 9.17) is 5.73 Å². The normalized spacial score (nSPS) is 10.2. The summed E-state index contributed by atoms with van der Waals surface area (Å²) in [6, 6.07) is 9.76. The van der Waals surface area contributed by atoms with Crippen LogP contribution in [-0.4, -0.2) is 17.4 Å². The van der Waals surface area contributed by atoms with Crippen molar-refractivity contribution in [1.82, 2.24) is 10.3 Å². The van der Waals surface area contributed by atoms with E-state index in [0.717, 1.165) is 5.69 Å². The number of para-hydroxylation sites is 1. The van der Waals surface area contributed by atoms with Crippen LogP contribution in [0.15, 0.2) is 42.6 Å². The molecule has 1 heterocycles. The minimum Gasteiger partial charge on any atom is -0.396 e. The number of benzene rings is 1. The zero-order valence-corrected chi connectivity index (χ0v) is 10.3. The third-order valence-corrected chi connectivity index (χ3v) is 2.69. The highest BCUT2D eigenvalue weighted by molar-refractivity contribution is 5.99. The van der Waals surface area contributed by atoms with E-state index in [2.05, 4.69) is 10.3 Å². The van der Waals surface area contributed by atoms with Gasteiger partial charge in [-0.15, -0.1) is 0 Å². The largest absolute Gasteiger partial charge is 0.396 e. The van der Waals surface area contributed by atoms with Crippen molar-refractivity contribution in [3.63, 3.8) is 0 Å². The standard InChI is InChI=1S/C14H14FN3O/c15-12-6-3-5-11(13(12)16)14(19)18-9-7-10-4-1-2-8-17-10/h1-6,8H,7,9,16H2,(H,18,19). The van der Waals surface area contributed by atoms with Crippen LogP contribution in [0, 0.1) is 5.82 Å². The van der Waals surface area contributed by atoms with Crippen molar-refractivity contribution in [2.45, 2.75) is 6.42 Å². The van der Waals surface area contributed by atoms with Gasteiger partial charge < -0.3 is 11.1 Å². The molecular formula is C14H14FN3O. The summed E-state index contributed by atoms with van der Waals surface area (Å²) < 4.78 is 13.2. The molecule has 0 aliphatic carbocycles. The molecule has 19 heavy (non-hydrogen) atoms. The van der Waals surface area contributed by atoms with Crippen molar-refractivity contribution in [2.75, 3.05) is 12.3 Å². The van der Waals surface area contributed by atoms with Crippen molar-refractivity contribution in [3.05, 3.63) is 59.7 Å². The number of amides is 1. The summed E-state index contributed by atoms with van der Waals surface area (Å²) in [7, 11) is 0. The van der Waals surface area contributed by atoms with Gasteiger partial charge >= 0.3 is 0 Å². The summed E-state index contributed by atoms with van der Waals surface area (Å²) in [5, 5.41) is 2.69. The van der Waals surface area contributed by atoms with Gasteiger partial charge in [0.15, 0.2) is 0 Å². The van der Waals surface area contributed by atoms with Crippen LogP contribution in [0.25, 0.3) is 0 Å². The van der Waals surface area contributed by atoms with Crippen molar-refractivity contribution in [1.29, 1.82) is 0 Å². The van der Waals surface area contributed by atoms with E-state index in [9.17, 15) is 9.18 Å². The Balaban J connectivity index is 1.93. The molecule has 1 amide bonds. The van der Waals surface area contributed by atoms with Gasteiger partial charge in [0, 0.05) is 24.9 Å². The zero-order valence-electron chi connectivity index (χ0n) is 10.3. The molecule has 0 unspecified atom stereocenters. The number of nitrogens with zero attached hydrogens (tertiary/aromatic N) is 1. The van der Waals surface area contributed by atoms with E-state index in [1.807, 2.05) is 18.2 Å². The Morgan fingerprint density at radius 1 is 1.26 bits per heavy atom. The number of nitrogens with one attached hydrogen (secondary N) is 1. The van der Waals surface area contributed by atoms with E-state index >= 15 is 0 Å². The van der Waals surface area contributed by atoms with E-state index in [0.29, 0.717) is 13.0 Å². The molecule has 0 aliphatic heterocycles. The summed E-state index contributed by atoms with van der Waals surface area (Å²) in [5.41, 5.74) is 6.43. The third kappa shape index (κ3) is 3.28. The van der Waals surface area contributed by atoms with Crippen molar-refractivity contribution in [2.24, 2.45) is 0 Å². The van der Waals surface area contributed by atoms with Crippen molar-refractivity contribution < 1.29 is 9.18 Å². The average molecular weight is 259 g/mol. The molecule has 0 bridgehead atoms. The Labute approximate surface area is 110 Å². The molecule has 0 spiro atoms. The molecular weight excluding hydrogens is 245 g/mol. The molecule has 1 aromatic carbocycles. The maximum Gasteiger partial charge on any atom is 0.253 e. The maximum absolute atomic E-state index is 13.2. The lowest BCUT2D eigenvalue weighted by Gasteiger charge is -2.07. The molecule has 0 saturated heterocycles. The summed E-state index contributed by atoms with van der Waals surface area (Å²) in [6.45, 7) is 0.422. The second kappa shape index (κ2) is 5.95. The maximum atomic E-state index is 13.2. The highest BCUT2D eigenvalue weighted by Crippen LogP contribution is 2.15. The molecule has 0 fully saturated rings. The number of carbonyl (C=O) groups is 1. The summed E-state index contributed by atoms with van der Waals surface area (Å²) in [4.78, 5) is 16.0. The van der Waals surface area contributed by atoms with Crippen molar-refractivity contribution in [3.8, 4) is 0 Å². The zero-order chi connectivity index (χ0) is 13.7. The fourth-order valence-corrected chi connectivity index (χ4v) is 1.68. The fourth-order valence-electron chi connectivity index (χ4n) is 1.68. The Hall–Kier alpha value is -2.43. The summed E-state index contributed by atoms with van der Waals surface area (Å²) >= 11 is 0. The van der Waals surface area contributed by atoms with E-state index < -0.39 is 5.82 Å². The molecule has 0 saturated carbocycles. The number of pyridine rings is 1. The number of anilines is 1. The lowest BCUT2D eigenvalue weighted by Crippen LogP contribution is -2.26. The number of hydrogen-bond acceptors (Lipinski definition) is 3. The van der Waals surface area contributed by atoms with Gasteiger partial charge in [-0.25, -0.2) is 4.39 Å². The first-order chi connectivity index (χ1) is 9.18. The topological polar surface area (TPSA) is 68.0 Å². The van der Waals surface area contributed by atoms with Crippen LogP contribution in [0.1, 0.15) is 16.1 Å². The Morgan fingerprint density at radius 3 is 2.84 bits per heavy atom. The number of aromatic nitrogens is 1. The molecule has 4 nitrogen and oxygen atoms in total. The third-order valence-electron chi connectivity index (χ3n) is 2.69. The van der Waals surface area contributed by atoms with E-state index in [-0.39, 0.29) is 17.2 Å². The first kappa shape index (κ1) is 13.0. The van der Waals surface area contributed by atoms with Crippen LogP contribution in [0.5, 0.6) is 0 Å². The quantitative estimate of drug-likeness (QED) is 0.822. The van der Waals surface area contributed by atoms with Gasteiger partial charge in [-0.05, 0) is 24.3 Å². The second-order valence-electron chi connectivity index (χ2n) is 4.03. The van der Waals surface area contributed by atoms with Gasteiger partial charge in [0.2, 0.25) is 0 Å². The van der Waals surface area contributed by atoms with Gasteiger partial charge in [0.25, 0.3) is 5.91 Å². The van der Waals surface area contributed by atoms with Gasteiger partial charge in [-0.1, -0.05) is 12.1 Å². The second-order valence-corrected chi connectivity index (χ2v) is 4.03. The lowest BCUT2D eigenvalue weighted by molar-refractivity contribution is 0.0954. The first-order valence-electron chi connectivity index (χ1n) is 5.90. The number of halogens is 1. The average Bonchev–Trinajstić information content (AvgIpc) is 2.43. The summed E-state index contributed by atoms with van der Waals surface area (Å²) in [5.74, 6) is -0.967. The Bertz CT molecular complexity index is 572. The van der Waals surface area contributed by atoms with E-state index in [1.165, 1.54) is 18.2 Å². The summed E-state index contributed by atoms with van der Waals surface area (Å²) in [6.07, 6.45) is 2.31. The smallest absolute Gasteiger partial charge is 0.253 e. The minimum absolute atomic E-state index is 0.127. The van der Waals surface area contributed by atoms with Crippen LogP contribution in [0.2, 0.25) is 0 Å². The Kier molecular flexibility index (Phi) is 4.07. The monoisotopic (exact) mass is 259 g/mol. The molecule has 0 aliphatic rings. The highest BCUT2D eigenvalue weighted by Gasteiger charge is 2.11. The van der Waals surface area contributed by atoms with Crippen LogP contribution in [0.3, 0.4) is 0 Å². The van der Waals surface area contributed by atoms with Gasteiger partial charge in [-0.2, -0.15) is 0 Å². The van der Waals surface area contributed by atoms with E-state index in [1.54, 1.807) is 6.20 Å². The number of hydrogen-bond donors (Lipinski definition) is 2. The fraction of sp³-hybridized carbons (Fsp3) is 0.143. The predicted molar refractivity (Wildman–Crippen MR) is 71.1 cm³/mol. The molecule has 98 valence electrons. The molecule has 3 N–H and O–H groups in total. The highest BCUT2D eigenvalue weighted by atomic mass is 19.1. The van der Waals surface area contributed by atoms with Crippen LogP contribution < -0.4 is 11.1 Å². The molecule has 5 heteroatoms. The molecule has 2 aromatic rings. The number of rotatable bonds is 4. The molecule has 1 aromatic heterocycles. The molecule has 2 rings (SSSR count). The van der Waals surface area contributed by atoms with Gasteiger partial charge in [0.1, 0.15) is 5.82 Å². The van der Waals surface area contributed by atoms with Crippen molar-refractivity contribution >= 4 is 11.6 Å². The number of nitrogens with two attached hydrogens (primary N) is 1. The number of nitrogen functional groups attached to an aromatic ring is 1. The van der Waals surface area contributed by atoms with Crippen LogP contribution >= 0.6 is 0 Å². The van der Waals surface area contributed by atoms with Crippen LogP contribution in [-0.2, 0) is 6.42 Å². The van der Waals surface area contributed by atoms with Crippen LogP contribution in [0.4, 0.5) is 10.1 Å².